The van der Waals surface area contributed by atoms with Gasteiger partial charge in [-0.25, -0.2) is 9.97 Å². The molecule has 0 unspecified atom stereocenters. The van der Waals surface area contributed by atoms with E-state index in [2.05, 4.69) is 56.3 Å². The first-order valence-electron chi connectivity index (χ1n) is 11.2. The van der Waals surface area contributed by atoms with Gasteiger partial charge in [-0.3, -0.25) is 0 Å². The third kappa shape index (κ3) is 5.68. The van der Waals surface area contributed by atoms with E-state index in [-0.39, 0.29) is 6.10 Å². The first kappa shape index (κ1) is 21.0. The molecule has 2 N–H and O–H groups in total. The number of anilines is 2. The summed E-state index contributed by atoms with van der Waals surface area (Å²) in [5, 5.41) is 13.0. The molecule has 1 aromatic heterocycles. The zero-order valence-electron chi connectivity index (χ0n) is 18.0. The fourth-order valence-corrected chi connectivity index (χ4v) is 4.14. The molecule has 0 radical (unpaired) electrons. The van der Waals surface area contributed by atoms with Crippen LogP contribution in [0.2, 0.25) is 0 Å². The van der Waals surface area contributed by atoms with Crippen molar-refractivity contribution in [1.82, 2.24) is 19.8 Å². The molecule has 7 nitrogen and oxygen atoms in total. The van der Waals surface area contributed by atoms with E-state index in [0.29, 0.717) is 0 Å². The van der Waals surface area contributed by atoms with Crippen molar-refractivity contribution in [3.8, 4) is 11.4 Å². The van der Waals surface area contributed by atoms with Gasteiger partial charge in [-0.1, -0.05) is 0 Å². The van der Waals surface area contributed by atoms with E-state index < -0.39 is 0 Å². The molecule has 0 spiro atoms. The van der Waals surface area contributed by atoms with E-state index in [0.717, 1.165) is 88.8 Å². The predicted octanol–water partition coefficient (Wildman–Crippen LogP) is 2.15. The average molecular weight is 411 g/mol. The normalized spacial score (nSPS) is 19.2. The second-order valence-electron chi connectivity index (χ2n) is 8.46. The van der Waals surface area contributed by atoms with Crippen LogP contribution in [0, 0.1) is 0 Å². The molecule has 1 aromatic carbocycles. The number of piperidine rings is 1. The van der Waals surface area contributed by atoms with Crippen LogP contribution < -0.4 is 10.2 Å². The van der Waals surface area contributed by atoms with Crippen molar-refractivity contribution < 1.29 is 5.11 Å². The van der Waals surface area contributed by atoms with Crippen LogP contribution in [0.1, 0.15) is 19.3 Å². The number of hydrogen-bond acceptors (Lipinski definition) is 7. The maximum absolute atomic E-state index is 9.60. The lowest BCUT2D eigenvalue weighted by molar-refractivity contribution is 0.0825. The second-order valence-corrected chi connectivity index (χ2v) is 8.46. The average Bonchev–Trinajstić information content (AvgIpc) is 2.79. The van der Waals surface area contributed by atoms with Gasteiger partial charge >= 0.3 is 0 Å². The van der Waals surface area contributed by atoms with Gasteiger partial charge in [-0.05, 0) is 63.2 Å². The lowest BCUT2D eigenvalue weighted by Gasteiger charge is -2.34. The fourth-order valence-electron chi connectivity index (χ4n) is 4.14. The Hall–Kier alpha value is -2.22. The van der Waals surface area contributed by atoms with Crippen LogP contribution in [0.3, 0.4) is 0 Å². The number of aliphatic hydroxyl groups excluding tert-OH is 1. The van der Waals surface area contributed by atoms with E-state index in [4.69, 9.17) is 4.98 Å². The van der Waals surface area contributed by atoms with Gasteiger partial charge in [0.25, 0.3) is 0 Å². The van der Waals surface area contributed by atoms with Crippen LogP contribution in [0.25, 0.3) is 11.4 Å². The molecule has 0 amide bonds. The maximum Gasteiger partial charge on any atom is 0.161 e. The summed E-state index contributed by atoms with van der Waals surface area (Å²) in [5.74, 6) is 1.63. The molecule has 3 heterocycles. The molecule has 7 heteroatoms. The SMILES string of the molecule is CN1CCN(c2ccc(-c3nccc(NCCCN4CCC(O)CC4)n3)cc2)CC1. The van der Waals surface area contributed by atoms with Gasteiger partial charge < -0.3 is 25.1 Å². The van der Waals surface area contributed by atoms with Crippen molar-refractivity contribution in [2.45, 2.75) is 25.4 Å². The van der Waals surface area contributed by atoms with Crippen molar-refractivity contribution in [3.63, 3.8) is 0 Å². The number of hydrogen-bond donors (Lipinski definition) is 2. The number of nitrogens with zero attached hydrogens (tertiary/aromatic N) is 5. The molecule has 30 heavy (non-hydrogen) atoms. The minimum absolute atomic E-state index is 0.102. The van der Waals surface area contributed by atoms with Crippen LogP contribution >= 0.6 is 0 Å². The van der Waals surface area contributed by atoms with Gasteiger partial charge in [0.1, 0.15) is 5.82 Å². The number of likely N-dealkylation sites (N-methyl/N-ethyl adjacent to an activating group) is 1. The van der Waals surface area contributed by atoms with E-state index >= 15 is 0 Å². The third-order valence-electron chi connectivity index (χ3n) is 6.16. The quantitative estimate of drug-likeness (QED) is 0.678. The summed E-state index contributed by atoms with van der Waals surface area (Å²) in [5.41, 5.74) is 2.31. The lowest BCUT2D eigenvalue weighted by atomic mass is 10.1. The number of nitrogens with one attached hydrogen (secondary N) is 1. The summed E-state index contributed by atoms with van der Waals surface area (Å²) in [6, 6.07) is 10.5. The fraction of sp³-hybridized carbons (Fsp3) is 0.565. The van der Waals surface area contributed by atoms with Gasteiger partial charge in [0.05, 0.1) is 6.10 Å². The Morgan fingerprint density at radius 2 is 1.73 bits per heavy atom. The van der Waals surface area contributed by atoms with Crippen LogP contribution in [0.15, 0.2) is 36.5 Å². The topological polar surface area (TPSA) is 67.8 Å². The Kier molecular flexibility index (Phi) is 7.15. The number of rotatable bonds is 7. The molecule has 2 aliphatic rings. The minimum Gasteiger partial charge on any atom is -0.393 e. The highest BCUT2D eigenvalue weighted by molar-refractivity contribution is 5.61. The highest BCUT2D eigenvalue weighted by Crippen LogP contribution is 2.22. The van der Waals surface area contributed by atoms with Crippen LogP contribution in [0.4, 0.5) is 11.5 Å². The zero-order valence-corrected chi connectivity index (χ0v) is 18.0. The second kappa shape index (κ2) is 10.2. The van der Waals surface area contributed by atoms with Crippen LogP contribution in [-0.4, -0.2) is 90.4 Å². The molecular formula is C23H34N6O. The number of likely N-dealkylation sites (tertiary alicyclic amines) is 1. The molecular weight excluding hydrogens is 376 g/mol. The van der Waals surface area contributed by atoms with Crippen LogP contribution in [-0.2, 0) is 0 Å². The monoisotopic (exact) mass is 410 g/mol. The highest BCUT2D eigenvalue weighted by Gasteiger charge is 2.16. The number of piperazine rings is 1. The van der Waals surface area contributed by atoms with Gasteiger partial charge in [0, 0.05) is 63.3 Å². The summed E-state index contributed by atoms with van der Waals surface area (Å²) in [6.07, 6.45) is 4.58. The Balaban J connectivity index is 1.27. The van der Waals surface area contributed by atoms with Gasteiger partial charge in [0.15, 0.2) is 5.82 Å². The molecule has 2 saturated heterocycles. The van der Waals surface area contributed by atoms with Crippen molar-refractivity contribution >= 4 is 11.5 Å². The third-order valence-corrected chi connectivity index (χ3v) is 6.16. The first-order valence-corrected chi connectivity index (χ1v) is 11.2. The summed E-state index contributed by atoms with van der Waals surface area (Å²) in [7, 11) is 2.18. The Bertz CT molecular complexity index is 783. The molecule has 2 fully saturated rings. The molecule has 0 bridgehead atoms. The molecule has 162 valence electrons. The number of benzene rings is 1. The Morgan fingerprint density at radius 3 is 2.47 bits per heavy atom. The molecule has 0 atom stereocenters. The van der Waals surface area contributed by atoms with Gasteiger partial charge in [0.2, 0.25) is 0 Å². The predicted molar refractivity (Wildman–Crippen MR) is 122 cm³/mol. The van der Waals surface area contributed by atoms with Gasteiger partial charge in [-0.15, -0.1) is 0 Å². The molecule has 0 aliphatic carbocycles. The Labute approximate surface area is 179 Å². The number of aromatic nitrogens is 2. The minimum atomic E-state index is -0.102. The van der Waals surface area contributed by atoms with E-state index in [1.807, 2.05) is 12.3 Å². The summed E-state index contributed by atoms with van der Waals surface area (Å²) in [6.45, 7) is 8.32. The summed E-state index contributed by atoms with van der Waals surface area (Å²) >= 11 is 0. The maximum atomic E-state index is 9.60. The number of aliphatic hydroxyl groups is 1. The van der Waals surface area contributed by atoms with Crippen molar-refractivity contribution in [1.29, 1.82) is 0 Å². The van der Waals surface area contributed by atoms with E-state index in [1.54, 1.807) is 0 Å². The summed E-state index contributed by atoms with van der Waals surface area (Å²) < 4.78 is 0. The van der Waals surface area contributed by atoms with Gasteiger partial charge in [-0.2, -0.15) is 0 Å². The highest BCUT2D eigenvalue weighted by atomic mass is 16.3. The van der Waals surface area contributed by atoms with E-state index in [9.17, 15) is 5.11 Å². The Morgan fingerprint density at radius 1 is 1.00 bits per heavy atom. The molecule has 4 rings (SSSR count). The summed E-state index contributed by atoms with van der Waals surface area (Å²) in [4.78, 5) is 16.4. The van der Waals surface area contributed by atoms with Crippen molar-refractivity contribution in [2.75, 3.05) is 69.6 Å². The smallest absolute Gasteiger partial charge is 0.161 e. The molecule has 2 aromatic rings. The van der Waals surface area contributed by atoms with E-state index in [1.165, 1.54) is 5.69 Å². The van der Waals surface area contributed by atoms with Crippen molar-refractivity contribution in [2.24, 2.45) is 0 Å². The largest absolute Gasteiger partial charge is 0.393 e. The molecule has 0 saturated carbocycles. The lowest BCUT2D eigenvalue weighted by Crippen LogP contribution is -2.44. The zero-order chi connectivity index (χ0) is 20.8. The molecule has 2 aliphatic heterocycles. The van der Waals surface area contributed by atoms with Crippen molar-refractivity contribution in [3.05, 3.63) is 36.5 Å². The standard InChI is InChI=1S/C23H34N6O/c1-27-15-17-29(18-16-27)20-5-3-19(4-6-20)23-25-11-7-22(26-23)24-10-2-12-28-13-8-21(30)9-14-28/h3-7,11,21,30H,2,8-10,12-18H2,1H3,(H,24,25,26). The first-order chi connectivity index (χ1) is 14.7. The van der Waals surface area contributed by atoms with Crippen LogP contribution in [0.5, 0.6) is 0 Å².